The second kappa shape index (κ2) is 6.30. The number of aryl methyl sites for hydroxylation is 1. The number of amides is 1. The number of nitrogens with zero attached hydrogens (tertiary/aromatic N) is 3. The molecule has 3 heterocycles. The Balaban J connectivity index is 1.61. The van der Waals surface area contributed by atoms with Gasteiger partial charge in [-0.1, -0.05) is 6.07 Å². The molecule has 0 spiro atoms. The van der Waals surface area contributed by atoms with Crippen LogP contribution in [0.3, 0.4) is 0 Å². The van der Waals surface area contributed by atoms with E-state index in [0.717, 1.165) is 22.4 Å². The summed E-state index contributed by atoms with van der Waals surface area (Å²) in [4.78, 5) is 21.2. The number of furan rings is 1. The number of hydrogen-bond donors (Lipinski definition) is 1. The van der Waals surface area contributed by atoms with E-state index in [1.54, 1.807) is 25.5 Å². The van der Waals surface area contributed by atoms with Crippen molar-refractivity contribution in [1.82, 2.24) is 4.98 Å². The van der Waals surface area contributed by atoms with Crippen LogP contribution < -0.4 is 5.32 Å². The predicted molar refractivity (Wildman–Crippen MR) is 96.1 cm³/mol. The minimum absolute atomic E-state index is 0.299. The van der Waals surface area contributed by atoms with E-state index < -0.39 is 0 Å². The van der Waals surface area contributed by atoms with Crippen molar-refractivity contribution in [3.63, 3.8) is 0 Å². The lowest BCUT2D eigenvalue weighted by atomic mass is 10.0. The number of hydrogen-bond acceptors (Lipinski definition) is 5. The lowest BCUT2D eigenvalue weighted by Crippen LogP contribution is -2.16. The van der Waals surface area contributed by atoms with Gasteiger partial charge >= 0.3 is 0 Å². The van der Waals surface area contributed by atoms with Crippen LogP contribution in [0.4, 0.5) is 5.69 Å². The van der Waals surface area contributed by atoms with Gasteiger partial charge in [0, 0.05) is 23.0 Å². The molecule has 26 heavy (non-hydrogen) atoms. The first-order chi connectivity index (χ1) is 12.7. The van der Waals surface area contributed by atoms with E-state index in [2.05, 4.69) is 15.3 Å². The molecule has 126 valence electrons. The standard InChI is InChI=1S/C20H14N4O2/c1-12-6-13(8-21)9-22-18(12)20(25)24-16-3-2-14-10-23-19(17(14)7-16)15-4-5-26-11-15/h2-7,9,11H,10H2,1H3,(H,24,25). The summed E-state index contributed by atoms with van der Waals surface area (Å²) >= 11 is 0. The fourth-order valence-electron chi connectivity index (χ4n) is 2.97. The number of aromatic nitrogens is 1. The molecule has 0 unspecified atom stereocenters. The molecule has 2 aromatic heterocycles. The topological polar surface area (TPSA) is 91.3 Å². The second-order valence-corrected chi connectivity index (χ2v) is 6.00. The molecule has 0 bridgehead atoms. The average molecular weight is 342 g/mol. The lowest BCUT2D eigenvalue weighted by molar-refractivity contribution is 0.102. The molecule has 3 aromatic rings. The number of nitrogens with one attached hydrogen (secondary N) is 1. The summed E-state index contributed by atoms with van der Waals surface area (Å²) in [7, 11) is 0. The van der Waals surface area contributed by atoms with Gasteiger partial charge in [0.2, 0.25) is 0 Å². The molecular weight excluding hydrogens is 328 g/mol. The monoisotopic (exact) mass is 342 g/mol. The average Bonchev–Trinajstić information content (AvgIpc) is 3.30. The minimum atomic E-state index is -0.313. The van der Waals surface area contributed by atoms with Crippen LogP contribution in [0.1, 0.15) is 38.3 Å². The van der Waals surface area contributed by atoms with E-state index in [4.69, 9.17) is 9.68 Å². The van der Waals surface area contributed by atoms with Gasteiger partial charge in [-0.05, 0) is 42.3 Å². The van der Waals surface area contributed by atoms with E-state index in [0.29, 0.717) is 29.1 Å². The molecule has 0 saturated heterocycles. The molecule has 0 fully saturated rings. The summed E-state index contributed by atoms with van der Waals surface area (Å²) in [5.41, 5.74) is 5.90. The summed E-state index contributed by atoms with van der Waals surface area (Å²) in [5.74, 6) is -0.313. The van der Waals surface area contributed by atoms with Crippen molar-refractivity contribution in [2.75, 3.05) is 5.32 Å². The van der Waals surface area contributed by atoms with Crippen molar-refractivity contribution >= 4 is 17.3 Å². The fourth-order valence-corrected chi connectivity index (χ4v) is 2.97. The Hall–Kier alpha value is -3.72. The van der Waals surface area contributed by atoms with E-state index in [9.17, 15) is 4.79 Å². The molecule has 6 heteroatoms. The first kappa shape index (κ1) is 15.8. The number of benzene rings is 1. The minimum Gasteiger partial charge on any atom is -0.472 e. The Morgan fingerprint density at radius 2 is 2.19 bits per heavy atom. The number of fused-ring (bicyclic) bond motifs is 1. The van der Waals surface area contributed by atoms with Crippen LogP contribution in [-0.4, -0.2) is 16.6 Å². The van der Waals surface area contributed by atoms with Crippen molar-refractivity contribution in [1.29, 1.82) is 5.26 Å². The van der Waals surface area contributed by atoms with Crippen molar-refractivity contribution in [2.45, 2.75) is 13.5 Å². The first-order valence-electron chi connectivity index (χ1n) is 8.04. The highest BCUT2D eigenvalue weighted by atomic mass is 16.3. The number of anilines is 1. The molecule has 1 amide bonds. The Kier molecular flexibility index (Phi) is 3.82. The third-order valence-corrected chi connectivity index (χ3v) is 4.25. The summed E-state index contributed by atoms with van der Waals surface area (Å²) in [6, 6.07) is 11.2. The SMILES string of the molecule is Cc1cc(C#N)cnc1C(=O)Nc1ccc2c(c1)C(c1ccoc1)=NC2. The highest BCUT2D eigenvalue weighted by Crippen LogP contribution is 2.26. The smallest absolute Gasteiger partial charge is 0.274 e. The van der Waals surface area contributed by atoms with E-state index in [1.807, 2.05) is 30.3 Å². The van der Waals surface area contributed by atoms with Gasteiger partial charge in [-0.25, -0.2) is 4.98 Å². The van der Waals surface area contributed by atoms with Crippen LogP contribution >= 0.6 is 0 Å². The summed E-state index contributed by atoms with van der Waals surface area (Å²) in [6.07, 6.45) is 4.66. The molecule has 1 aliphatic heterocycles. The number of pyridine rings is 1. The first-order valence-corrected chi connectivity index (χ1v) is 8.04. The van der Waals surface area contributed by atoms with E-state index >= 15 is 0 Å². The van der Waals surface area contributed by atoms with Crippen LogP contribution in [0.15, 0.2) is 58.5 Å². The number of aliphatic imine (C=N–C) groups is 1. The molecule has 0 atom stereocenters. The Morgan fingerprint density at radius 1 is 1.31 bits per heavy atom. The van der Waals surface area contributed by atoms with Crippen molar-refractivity contribution in [3.05, 3.63) is 82.6 Å². The van der Waals surface area contributed by atoms with Gasteiger partial charge in [0.15, 0.2) is 0 Å². The molecule has 0 aliphatic carbocycles. The zero-order chi connectivity index (χ0) is 18.1. The number of rotatable bonds is 3. The zero-order valence-corrected chi connectivity index (χ0v) is 14.0. The van der Waals surface area contributed by atoms with E-state index in [1.165, 1.54) is 6.20 Å². The molecule has 1 N–H and O–H groups in total. The summed E-state index contributed by atoms with van der Waals surface area (Å²) in [6.45, 7) is 2.37. The van der Waals surface area contributed by atoms with Gasteiger partial charge in [-0.15, -0.1) is 0 Å². The third kappa shape index (κ3) is 2.76. The van der Waals surface area contributed by atoms with Gasteiger partial charge in [-0.2, -0.15) is 5.26 Å². The quantitative estimate of drug-likeness (QED) is 0.789. The largest absolute Gasteiger partial charge is 0.472 e. The maximum Gasteiger partial charge on any atom is 0.274 e. The number of nitriles is 1. The van der Waals surface area contributed by atoms with Gasteiger partial charge in [0.25, 0.3) is 5.91 Å². The fraction of sp³-hybridized carbons (Fsp3) is 0.100. The second-order valence-electron chi connectivity index (χ2n) is 6.00. The molecule has 4 rings (SSSR count). The van der Waals surface area contributed by atoms with Crippen molar-refractivity contribution < 1.29 is 9.21 Å². The van der Waals surface area contributed by atoms with Crippen molar-refractivity contribution in [2.24, 2.45) is 4.99 Å². The highest BCUT2D eigenvalue weighted by molar-refractivity contribution is 6.15. The normalized spacial score (nSPS) is 12.2. The number of carbonyl (C=O) groups is 1. The zero-order valence-electron chi connectivity index (χ0n) is 14.0. The summed E-state index contributed by atoms with van der Waals surface area (Å²) in [5, 5.41) is 11.8. The van der Waals surface area contributed by atoms with Gasteiger partial charge in [0.05, 0.1) is 30.3 Å². The van der Waals surface area contributed by atoms with Crippen molar-refractivity contribution in [3.8, 4) is 6.07 Å². The van der Waals surface area contributed by atoms with Crippen LogP contribution in [0.2, 0.25) is 0 Å². The molecule has 1 aromatic carbocycles. The molecule has 6 nitrogen and oxygen atoms in total. The molecule has 0 radical (unpaired) electrons. The Labute approximate surface area is 149 Å². The van der Waals surface area contributed by atoms with Crippen LogP contribution in [-0.2, 0) is 6.54 Å². The molecular formula is C20H14N4O2. The maximum absolute atomic E-state index is 12.5. The van der Waals surface area contributed by atoms with Gasteiger partial charge < -0.3 is 9.73 Å². The van der Waals surface area contributed by atoms with Gasteiger partial charge in [-0.3, -0.25) is 9.79 Å². The van der Waals surface area contributed by atoms with Gasteiger partial charge in [0.1, 0.15) is 11.8 Å². The Morgan fingerprint density at radius 3 is 2.92 bits per heavy atom. The predicted octanol–water partition coefficient (Wildman–Crippen LogP) is 3.46. The summed E-state index contributed by atoms with van der Waals surface area (Å²) < 4.78 is 5.14. The molecule has 1 aliphatic rings. The number of carbonyl (C=O) groups excluding carboxylic acids is 1. The molecule has 0 saturated carbocycles. The van der Waals surface area contributed by atoms with Crippen LogP contribution in [0.5, 0.6) is 0 Å². The van der Waals surface area contributed by atoms with Crippen LogP contribution in [0.25, 0.3) is 0 Å². The van der Waals surface area contributed by atoms with E-state index in [-0.39, 0.29) is 5.91 Å². The van der Waals surface area contributed by atoms with Crippen LogP contribution in [0, 0.1) is 18.3 Å². The third-order valence-electron chi connectivity index (χ3n) is 4.25. The lowest BCUT2D eigenvalue weighted by Gasteiger charge is -2.09. The maximum atomic E-state index is 12.5. The highest BCUT2D eigenvalue weighted by Gasteiger charge is 2.19. The Bertz CT molecular complexity index is 1080.